The van der Waals surface area contributed by atoms with E-state index in [1.165, 1.54) is 16.8 Å². The van der Waals surface area contributed by atoms with Crippen LogP contribution in [0.2, 0.25) is 0 Å². The van der Waals surface area contributed by atoms with Crippen molar-refractivity contribution in [1.29, 1.82) is 5.26 Å². The van der Waals surface area contributed by atoms with Crippen LogP contribution in [0.15, 0.2) is 17.1 Å². The molecule has 0 aliphatic carbocycles. The third-order valence-corrected chi connectivity index (χ3v) is 2.36. The van der Waals surface area contributed by atoms with Crippen LogP contribution >= 0.6 is 0 Å². The van der Waals surface area contributed by atoms with Gasteiger partial charge < -0.3 is 9.67 Å². The zero-order chi connectivity index (χ0) is 12.3. The van der Waals surface area contributed by atoms with Gasteiger partial charge in [0.25, 0.3) is 5.56 Å². The zero-order valence-electron chi connectivity index (χ0n) is 9.82. The van der Waals surface area contributed by atoms with E-state index >= 15 is 0 Å². The Morgan fingerprint density at radius 2 is 2.12 bits per heavy atom. The molecule has 0 amide bonds. The molecule has 0 fully saturated rings. The summed E-state index contributed by atoms with van der Waals surface area (Å²) in [6.45, 7) is 6.81. The molecule has 0 aromatic carbocycles. The molecule has 0 bridgehead atoms. The topological polar surface area (TPSA) is 66.0 Å². The average Bonchev–Trinajstić information content (AvgIpc) is 2.16. The lowest BCUT2D eigenvalue weighted by molar-refractivity contribution is 0.347. The van der Waals surface area contributed by atoms with Crippen LogP contribution in [0.1, 0.15) is 32.8 Å². The third kappa shape index (κ3) is 2.86. The van der Waals surface area contributed by atoms with Gasteiger partial charge in [-0.2, -0.15) is 5.26 Å². The summed E-state index contributed by atoms with van der Waals surface area (Å²) in [5.74, 6) is -0.250. The second-order valence-electron chi connectivity index (χ2n) is 5.00. The van der Waals surface area contributed by atoms with E-state index in [0.717, 1.165) is 6.42 Å². The molecular weight excluding hydrogens is 204 g/mol. The Balaban J connectivity index is 3.01. The Morgan fingerprint density at radius 1 is 1.50 bits per heavy atom. The molecule has 86 valence electrons. The fourth-order valence-corrected chi connectivity index (χ4v) is 1.30. The lowest BCUT2D eigenvalue weighted by Crippen LogP contribution is -2.24. The number of pyridine rings is 1. The van der Waals surface area contributed by atoms with Crippen LogP contribution in [0.4, 0.5) is 0 Å². The highest BCUT2D eigenvalue weighted by molar-refractivity contribution is 5.39. The van der Waals surface area contributed by atoms with Crippen molar-refractivity contribution < 1.29 is 5.11 Å². The smallest absolute Gasteiger partial charge is 0.272 e. The van der Waals surface area contributed by atoms with E-state index in [2.05, 4.69) is 20.8 Å². The maximum atomic E-state index is 11.7. The van der Waals surface area contributed by atoms with E-state index in [-0.39, 0.29) is 16.7 Å². The van der Waals surface area contributed by atoms with Gasteiger partial charge in [0.1, 0.15) is 11.8 Å². The molecule has 0 aliphatic rings. The zero-order valence-corrected chi connectivity index (χ0v) is 9.82. The monoisotopic (exact) mass is 220 g/mol. The Morgan fingerprint density at radius 3 is 2.62 bits per heavy atom. The van der Waals surface area contributed by atoms with Crippen molar-refractivity contribution in [2.45, 2.75) is 33.7 Å². The van der Waals surface area contributed by atoms with Crippen LogP contribution in [0, 0.1) is 16.7 Å². The minimum absolute atomic E-state index is 0.129. The Bertz CT molecular complexity index is 475. The Hall–Kier alpha value is -1.76. The van der Waals surface area contributed by atoms with Crippen molar-refractivity contribution in [3.63, 3.8) is 0 Å². The summed E-state index contributed by atoms with van der Waals surface area (Å²) >= 11 is 0. The summed E-state index contributed by atoms with van der Waals surface area (Å²) in [5.41, 5.74) is -0.479. The maximum absolute atomic E-state index is 11.7. The highest BCUT2D eigenvalue weighted by Crippen LogP contribution is 2.19. The molecule has 0 saturated carbocycles. The molecule has 1 N–H and O–H groups in total. The number of nitrogens with zero attached hydrogens (tertiary/aromatic N) is 2. The van der Waals surface area contributed by atoms with Crippen LogP contribution in [-0.4, -0.2) is 9.67 Å². The minimum Gasteiger partial charge on any atom is -0.506 e. The van der Waals surface area contributed by atoms with Crippen LogP contribution in [0.5, 0.6) is 5.75 Å². The highest BCUT2D eigenvalue weighted by atomic mass is 16.3. The summed E-state index contributed by atoms with van der Waals surface area (Å²) in [6, 6.07) is 3.10. The molecule has 1 heterocycles. The lowest BCUT2D eigenvalue weighted by Gasteiger charge is -2.18. The van der Waals surface area contributed by atoms with E-state index in [4.69, 9.17) is 5.26 Å². The van der Waals surface area contributed by atoms with E-state index in [0.29, 0.717) is 6.54 Å². The fraction of sp³-hybridized carbons (Fsp3) is 0.500. The first-order valence-corrected chi connectivity index (χ1v) is 5.17. The molecule has 0 unspecified atom stereocenters. The number of rotatable bonds is 2. The number of aromatic hydroxyl groups is 1. The van der Waals surface area contributed by atoms with Crippen molar-refractivity contribution in [3.05, 3.63) is 28.2 Å². The normalized spacial score (nSPS) is 11.1. The van der Waals surface area contributed by atoms with Gasteiger partial charge in [0, 0.05) is 12.7 Å². The molecule has 16 heavy (non-hydrogen) atoms. The summed E-state index contributed by atoms with van der Waals surface area (Å²) in [7, 11) is 0. The van der Waals surface area contributed by atoms with E-state index < -0.39 is 5.56 Å². The molecule has 4 nitrogen and oxygen atoms in total. The molecule has 1 aromatic rings. The fourth-order valence-electron chi connectivity index (χ4n) is 1.30. The van der Waals surface area contributed by atoms with Gasteiger partial charge in [-0.1, -0.05) is 20.8 Å². The van der Waals surface area contributed by atoms with Crippen molar-refractivity contribution in [2.75, 3.05) is 0 Å². The maximum Gasteiger partial charge on any atom is 0.272 e. The number of hydrogen-bond acceptors (Lipinski definition) is 3. The first-order valence-electron chi connectivity index (χ1n) is 5.17. The molecule has 1 rings (SSSR count). The lowest BCUT2D eigenvalue weighted by atomic mass is 9.92. The second kappa shape index (κ2) is 4.40. The van der Waals surface area contributed by atoms with Gasteiger partial charge in [-0.05, 0) is 17.9 Å². The van der Waals surface area contributed by atoms with Crippen molar-refractivity contribution in [3.8, 4) is 11.8 Å². The first kappa shape index (κ1) is 12.3. The third-order valence-electron chi connectivity index (χ3n) is 2.36. The Kier molecular flexibility index (Phi) is 3.38. The minimum atomic E-state index is -0.424. The van der Waals surface area contributed by atoms with Gasteiger partial charge in [-0.25, -0.2) is 0 Å². The van der Waals surface area contributed by atoms with Crippen molar-refractivity contribution in [1.82, 2.24) is 4.57 Å². The highest BCUT2D eigenvalue weighted by Gasteiger charge is 2.13. The predicted octanol–water partition coefficient (Wildman–Crippen LogP) is 1.86. The number of hydrogen-bond donors (Lipinski definition) is 1. The SMILES string of the molecule is CC(C)(C)CCn1ccc(O)c(C#N)c1=O. The summed E-state index contributed by atoms with van der Waals surface area (Å²) in [5, 5.41) is 18.0. The van der Waals surface area contributed by atoms with Gasteiger partial charge in [0.2, 0.25) is 0 Å². The molecule has 0 aliphatic heterocycles. The predicted molar refractivity (Wildman–Crippen MR) is 61.2 cm³/mol. The van der Waals surface area contributed by atoms with Crippen LogP contribution in [0.25, 0.3) is 0 Å². The second-order valence-corrected chi connectivity index (χ2v) is 5.00. The van der Waals surface area contributed by atoms with Crippen molar-refractivity contribution in [2.24, 2.45) is 5.41 Å². The summed E-state index contributed by atoms with van der Waals surface area (Å²) in [6.07, 6.45) is 2.35. The average molecular weight is 220 g/mol. The molecule has 0 atom stereocenters. The van der Waals surface area contributed by atoms with Gasteiger partial charge in [-0.3, -0.25) is 4.79 Å². The molecule has 0 saturated heterocycles. The van der Waals surface area contributed by atoms with Crippen LogP contribution < -0.4 is 5.56 Å². The number of aryl methyl sites for hydroxylation is 1. The largest absolute Gasteiger partial charge is 0.506 e. The van der Waals surface area contributed by atoms with Crippen LogP contribution in [0.3, 0.4) is 0 Å². The molecule has 4 heteroatoms. The quantitative estimate of drug-likeness (QED) is 0.827. The number of nitriles is 1. The number of aromatic nitrogens is 1. The first-order chi connectivity index (χ1) is 7.35. The van der Waals surface area contributed by atoms with Crippen LogP contribution in [-0.2, 0) is 6.54 Å². The van der Waals surface area contributed by atoms with E-state index in [1.54, 1.807) is 6.07 Å². The molecule has 0 radical (unpaired) electrons. The van der Waals surface area contributed by atoms with Gasteiger partial charge in [0.05, 0.1) is 0 Å². The van der Waals surface area contributed by atoms with Gasteiger partial charge in [-0.15, -0.1) is 0 Å². The molecule has 0 spiro atoms. The summed E-state index contributed by atoms with van der Waals surface area (Å²) < 4.78 is 1.46. The van der Waals surface area contributed by atoms with E-state index in [1.807, 2.05) is 0 Å². The summed E-state index contributed by atoms with van der Waals surface area (Å²) in [4.78, 5) is 11.7. The van der Waals surface area contributed by atoms with Crippen molar-refractivity contribution >= 4 is 0 Å². The van der Waals surface area contributed by atoms with Gasteiger partial charge >= 0.3 is 0 Å². The molecular formula is C12H16N2O2. The Labute approximate surface area is 94.8 Å². The molecule has 1 aromatic heterocycles. The standard InChI is InChI=1S/C12H16N2O2/c1-12(2,3)5-7-14-6-4-10(15)9(8-13)11(14)16/h4,6,15H,5,7H2,1-3H3. The van der Waals surface area contributed by atoms with Gasteiger partial charge in [0.15, 0.2) is 5.56 Å². The van der Waals surface area contributed by atoms with E-state index in [9.17, 15) is 9.90 Å².